The first kappa shape index (κ1) is 19.1. The van der Waals surface area contributed by atoms with Crippen LogP contribution < -0.4 is 4.74 Å². The van der Waals surface area contributed by atoms with E-state index in [-0.39, 0.29) is 0 Å². The third-order valence-electron chi connectivity index (χ3n) is 3.31. The molecule has 0 N–H and O–H groups in total. The first-order valence-corrected chi connectivity index (χ1v) is 8.27. The maximum absolute atomic E-state index is 5.16. The van der Waals surface area contributed by atoms with E-state index < -0.39 is 0 Å². The summed E-state index contributed by atoms with van der Waals surface area (Å²) in [6, 6.07) is 8.06. The summed E-state index contributed by atoms with van der Waals surface area (Å²) in [5.74, 6) is 3.30. The van der Waals surface area contributed by atoms with Crippen LogP contribution in [0.4, 0.5) is 0 Å². The molecule has 0 fully saturated rings. The molecule has 122 valence electrons. The van der Waals surface area contributed by atoms with Gasteiger partial charge in [-0.25, -0.2) is 0 Å². The van der Waals surface area contributed by atoms with Crippen molar-refractivity contribution in [1.82, 2.24) is 9.78 Å². The Bertz CT molecular complexity index is 678. The predicted molar refractivity (Wildman–Crippen MR) is 101 cm³/mol. The van der Waals surface area contributed by atoms with Gasteiger partial charge in [-0.05, 0) is 31.5 Å². The Labute approximate surface area is 147 Å². The maximum Gasteiger partial charge on any atom is 0.118 e. The van der Waals surface area contributed by atoms with Crippen LogP contribution in [0.3, 0.4) is 0 Å². The lowest BCUT2D eigenvalue weighted by Crippen LogP contribution is -2.03. The van der Waals surface area contributed by atoms with Crippen LogP contribution in [0.5, 0.6) is 5.75 Å². The van der Waals surface area contributed by atoms with E-state index in [9.17, 15) is 0 Å². The van der Waals surface area contributed by atoms with E-state index in [4.69, 9.17) is 11.2 Å². The lowest BCUT2D eigenvalue weighted by Gasteiger charge is -2.07. The van der Waals surface area contributed by atoms with Crippen molar-refractivity contribution >= 4 is 20.4 Å². The van der Waals surface area contributed by atoms with Crippen molar-refractivity contribution < 1.29 is 4.74 Å². The molecule has 0 unspecified atom stereocenters. The highest BCUT2D eigenvalue weighted by Gasteiger charge is 2.08. The number of hydrogen-bond acceptors (Lipinski definition) is 2. The average molecular weight is 375 g/mol. The molecule has 0 bridgehead atoms. The summed E-state index contributed by atoms with van der Waals surface area (Å²) in [5, 5.41) is 4.44. The largest absolute Gasteiger partial charge is 0.497 e. The molecule has 3 nitrogen and oxygen atoms in total. The summed E-state index contributed by atoms with van der Waals surface area (Å²) in [6.07, 6.45) is 9.55. The van der Waals surface area contributed by atoms with E-state index in [0.29, 0.717) is 0 Å². The Morgan fingerprint density at radius 1 is 1.39 bits per heavy atom. The topological polar surface area (TPSA) is 27.1 Å². The summed E-state index contributed by atoms with van der Waals surface area (Å²) in [6.45, 7) is 6.79. The van der Waals surface area contributed by atoms with E-state index in [1.807, 2.05) is 42.9 Å². The second-order valence-corrected chi connectivity index (χ2v) is 5.70. The second-order valence-electron chi connectivity index (χ2n) is 4.84. The molecule has 0 saturated heterocycles. The van der Waals surface area contributed by atoms with Crippen LogP contribution in [0.1, 0.15) is 37.1 Å². The van der Waals surface area contributed by atoms with Gasteiger partial charge in [0.25, 0.3) is 0 Å². The van der Waals surface area contributed by atoms with Crippen molar-refractivity contribution in [3.05, 3.63) is 53.4 Å². The van der Waals surface area contributed by atoms with Crippen molar-refractivity contribution in [1.29, 1.82) is 0 Å². The van der Waals surface area contributed by atoms with Gasteiger partial charge in [-0.15, -0.1) is 12.3 Å². The van der Waals surface area contributed by atoms with E-state index in [2.05, 4.69) is 46.0 Å². The van der Waals surface area contributed by atoms with Crippen LogP contribution in [0.2, 0.25) is 0 Å². The van der Waals surface area contributed by atoms with Crippen molar-refractivity contribution in [3.8, 4) is 18.1 Å². The minimum absolute atomic E-state index is 0.764. The number of halogens is 1. The van der Waals surface area contributed by atoms with Gasteiger partial charge in [0, 0.05) is 22.2 Å². The number of terminal acetylenes is 1. The quantitative estimate of drug-likeness (QED) is 0.701. The van der Waals surface area contributed by atoms with Crippen LogP contribution in [0, 0.1) is 19.3 Å². The minimum Gasteiger partial charge on any atom is -0.497 e. The van der Waals surface area contributed by atoms with Gasteiger partial charge in [-0.2, -0.15) is 5.10 Å². The van der Waals surface area contributed by atoms with Gasteiger partial charge in [0.15, 0.2) is 0 Å². The standard InChI is InChI=1S/C15H17BrN2O.C4H6/c1-4-15(16)14-9-17-18(11(14)2)10-12-5-7-13(19-3)8-6-12;1-3-4-2/h4-9H,10H2,1-3H3;1H,4H2,2H3/b15-4+;. The zero-order chi connectivity index (χ0) is 17.2. The number of methoxy groups -OCH3 is 1. The molecule has 1 aromatic heterocycles. The molecule has 2 rings (SSSR count). The number of benzene rings is 1. The third-order valence-corrected chi connectivity index (χ3v) is 4.19. The Kier molecular flexibility index (Phi) is 8.21. The second kappa shape index (κ2) is 9.91. The van der Waals surface area contributed by atoms with Gasteiger partial charge in [0.2, 0.25) is 0 Å². The predicted octanol–water partition coefficient (Wildman–Crippen LogP) is 5.03. The molecule has 23 heavy (non-hydrogen) atoms. The normalized spacial score (nSPS) is 10.5. The van der Waals surface area contributed by atoms with Gasteiger partial charge in [0.1, 0.15) is 5.75 Å². The van der Waals surface area contributed by atoms with Gasteiger partial charge >= 0.3 is 0 Å². The highest BCUT2D eigenvalue weighted by molar-refractivity contribution is 9.15. The highest BCUT2D eigenvalue weighted by atomic mass is 79.9. The Balaban J connectivity index is 0.000000593. The SMILES string of the molecule is C#CCC.C/C=C(/Br)c1cnn(Cc2ccc(OC)cc2)c1C. The van der Waals surface area contributed by atoms with Crippen molar-refractivity contribution in [2.24, 2.45) is 0 Å². The van der Waals surface area contributed by atoms with Crippen LogP contribution in [0.25, 0.3) is 4.48 Å². The fourth-order valence-corrected chi connectivity index (χ4v) is 2.29. The third kappa shape index (κ3) is 5.61. The molecule has 0 aliphatic heterocycles. The lowest BCUT2D eigenvalue weighted by molar-refractivity contribution is 0.414. The maximum atomic E-state index is 5.16. The van der Waals surface area contributed by atoms with Gasteiger partial charge < -0.3 is 4.74 Å². The highest BCUT2D eigenvalue weighted by Crippen LogP contribution is 2.24. The number of allylic oxidation sites excluding steroid dienone is 1. The zero-order valence-corrected chi connectivity index (χ0v) is 15.7. The number of hydrogen-bond donors (Lipinski definition) is 0. The van der Waals surface area contributed by atoms with E-state index in [1.165, 1.54) is 5.56 Å². The molecule has 2 aromatic rings. The fourth-order valence-electron chi connectivity index (χ4n) is 1.90. The molecule has 0 spiro atoms. The van der Waals surface area contributed by atoms with E-state index in [1.54, 1.807) is 7.11 Å². The molecular formula is C19H23BrN2O. The van der Waals surface area contributed by atoms with Gasteiger partial charge in [-0.1, -0.05) is 41.1 Å². The van der Waals surface area contributed by atoms with Crippen molar-refractivity contribution in [2.75, 3.05) is 7.11 Å². The van der Waals surface area contributed by atoms with Crippen LogP contribution in [-0.4, -0.2) is 16.9 Å². The molecule has 4 heteroatoms. The zero-order valence-electron chi connectivity index (χ0n) is 14.1. The smallest absolute Gasteiger partial charge is 0.118 e. The molecular weight excluding hydrogens is 352 g/mol. The first-order chi connectivity index (χ1) is 11.1. The molecule has 0 amide bonds. The van der Waals surface area contributed by atoms with Crippen LogP contribution >= 0.6 is 15.9 Å². The summed E-state index contributed by atoms with van der Waals surface area (Å²) in [5.41, 5.74) is 3.49. The average Bonchev–Trinajstić information content (AvgIpc) is 2.96. The van der Waals surface area contributed by atoms with E-state index in [0.717, 1.165) is 34.5 Å². The molecule has 0 radical (unpaired) electrons. The summed E-state index contributed by atoms with van der Waals surface area (Å²) in [7, 11) is 1.67. The summed E-state index contributed by atoms with van der Waals surface area (Å²) < 4.78 is 8.23. The molecule has 0 aliphatic rings. The number of nitrogens with zero attached hydrogens (tertiary/aromatic N) is 2. The van der Waals surface area contributed by atoms with Gasteiger partial charge in [0.05, 0.1) is 19.9 Å². The molecule has 0 aliphatic carbocycles. The molecule has 0 atom stereocenters. The van der Waals surface area contributed by atoms with E-state index >= 15 is 0 Å². The Hall–Kier alpha value is -1.99. The van der Waals surface area contributed by atoms with Gasteiger partial charge in [-0.3, -0.25) is 4.68 Å². The number of rotatable bonds is 4. The molecule has 0 saturated carbocycles. The summed E-state index contributed by atoms with van der Waals surface area (Å²) in [4.78, 5) is 0. The fraction of sp³-hybridized carbons (Fsp3) is 0.316. The monoisotopic (exact) mass is 374 g/mol. The Morgan fingerprint density at radius 2 is 2.00 bits per heavy atom. The number of ether oxygens (including phenoxy) is 1. The lowest BCUT2D eigenvalue weighted by atomic mass is 10.2. The van der Waals surface area contributed by atoms with Crippen LogP contribution in [0.15, 0.2) is 36.5 Å². The van der Waals surface area contributed by atoms with Crippen molar-refractivity contribution in [3.63, 3.8) is 0 Å². The van der Waals surface area contributed by atoms with Crippen LogP contribution in [-0.2, 0) is 6.54 Å². The van der Waals surface area contributed by atoms with Crippen molar-refractivity contribution in [2.45, 2.75) is 33.7 Å². The summed E-state index contributed by atoms with van der Waals surface area (Å²) >= 11 is 3.54. The molecule has 1 heterocycles. The minimum atomic E-state index is 0.764. The molecule has 1 aromatic carbocycles. The first-order valence-electron chi connectivity index (χ1n) is 7.48. The Morgan fingerprint density at radius 3 is 2.48 bits per heavy atom. The number of aromatic nitrogens is 2.